The highest BCUT2D eigenvalue weighted by molar-refractivity contribution is 7.89. The van der Waals surface area contributed by atoms with E-state index in [0.29, 0.717) is 17.3 Å². The molecule has 198 valence electrons. The summed E-state index contributed by atoms with van der Waals surface area (Å²) in [7, 11) is -3.93. The molecule has 0 atom stereocenters. The molecule has 0 saturated carbocycles. The molecule has 8 nitrogen and oxygen atoms in total. The predicted octanol–water partition coefficient (Wildman–Crippen LogP) is 5.04. The van der Waals surface area contributed by atoms with Crippen LogP contribution in [0, 0.1) is 5.92 Å². The highest BCUT2D eigenvalue weighted by Gasteiger charge is 2.30. The van der Waals surface area contributed by atoms with E-state index in [2.05, 4.69) is 0 Å². The zero-order valence-corrected chi connectivity index (χ0v) is 22.2. The molecule has 0 radical (unpaired) electrons. The highest BCUT2D eigenvalue weighted by Crippen LogP contribution is 2.33. The van der Waals surface area contributed by atoms with Gasteiger partial charge in [0, 0.05) is 13.1 Å². The molecule has 2 heterocycles. The van der Waals surface area contributed by atoms with Gasteiger partial charge in [0.2, 0.25) is 22.7 Å². The number of hydrogen-bond donors (Lipinski definition) is 0. The molecule has 5 rings (SSSR count). The summed E-state index contributed by atoms with van der Waals surface area (Å²) in [6.45, 7) is 4.39. The maximum Gasteiger partial charge on any atom is 0.243 e. The third-order valence-electron chi connectivity index (χ3n) is 6.33. The molecule has 9 heteroatoms. The van der Waals surface area contributed by atoms with Crippen LogP contribution < -0.4 is 9.47 Å². The van der Waals surface area contributed by atoms with Gasteiger partial charge in [0.05, 0.1) is 24.2 Å². The topological polar surface area (TPSA) is 89.3 Å². The Morgan fingerprint density at radius 2 is 1.68 bits per heavy atom. The quantitative estimate of drug-likeness (QED) is 0.283. The van der Waals surface area contributed by atoms with E-state index in [0.717, 1.165) is 16.3 Å². The summed E-state index contributed by atoms with van der Waals surface area (Å²) in [5.41, 5.74) is 0.835. The van der Waals surface area contributed by atoms with Crippen LogP contribution in [0.2, 0.25) is 0 Å². The van der Waals surface area contributed by atoms with E-state index in [9.17, 15) is 13.2 Å². The van der Waals surface area contributed by atoms with Crippen molar-refractivity contribution in [2.75, 3.05) is 19.9 Å². The van der Waals surface area contributed by atoms with Crippen LogP contribution in [0.4, 0.5) is 0 Å². The third kappa shape index (κ3) is 5.69. The number of hydrogen-bond acceptors (Lipinski definition) is 6. The maximum atomic E-state index is 13.8. The second-order valence-electron chi connectivity index (χ2n) is 9.72. The molecule has 1 aromatic heterocycles. The predicted molar refractivity (Wildman–Crippen MR) is 143 cm³/mol. The van der Waals surface area contributed by atoms with Gasteiger partial charge >= 0.3 is 0 Å². The number of benzene rings is 3. The van der Waals surface area contributed by atoms with Gasteiger partial charge in [-0.3, -0.25) is 4.79 Å². The number of carbonyl (C=O) groups is 1. The number of rotatable bonds is 10. The smallest absolute Gasteiger partial charge is 0.243 e. The van der Waals surface area contributed by atoms with Gasteiger partial charge in [-0.15, -0.1) is 0 Å². The van der Waals surface area contributed by atoms with Crippen molar-refractivity contribution >= 4 is 26.7 Å². The fraction of sp³-hybridized carbons (Fsp3) is 0.276. The lowest BCUT2D eigenvalue weighted by molar-refractivity contribution is -0.133. The van der Waals surface area contributed by atoms with Gasteiger partial charge in [0.1, 0.15) is 5.76 Å². The first-order valence-corrected chi connectivity index (χ1v) is 13.9. The number of amides is 1. The summed E-state index contributed by atoms with van der Waals surface area (Å²) in [6.07, 6.45) is 1.55. The zero-order valence-electron chi connectivity index (χ0n) is 21.4. The molecule has 38 heavy (non-hydrogen) atoms. The average molecular weight is 535 g/mol. The van der Waals surface area contributed by atoms with E-state index in [1.165, 1.54) is 4.31 Å². The first-order valence-electron chi connectivity index (χ1n) is 12.5. The Hall–Kier alpha value is -3.82. The van der Waals surface area contributed by atoms with E-state index >= 15 is 0 Å². The second-order valence-corrected chi connectivity index (χ2v) is 11.7. The molecule has 0 N–H and O–H groups in total. The molecule has 0 bridgehead atoms. The van der Waals surface area contributed by atoms with Crippen LogP contribution in [0.3, 0.4) is 0 Å². The number of nitrogens with zero attached hydrogens (tertiary/aromatic N) is 2. The molecular weight excluding hydrogens is 504 g/mol. The van der Waals surface area contributed by atoms with Crippen LogP contribution in [0.15, 0.2) is 88.4 Å². The summed E-state index contributed by atoms with van der Waals surface area (Å²) in [4.78, 5) is 15.5. The van der Waals surface area contributed by atoms with Gasteiger partial charge in [0.15, 0.2) is 11.5 Å². The average Bonchev–Trinajstić information content (AvgIpc) is 3.59. The lowest BCUT2D eigenvalue weighted by Gasteiger charge is -2.28. The van der Waals surface area contributed by atoms with E-state index in [1.54, 1.807) is 41.5 Å². The lowest BCUT2D eigenvalue weighted by atomic mass is 10.1. The normalized spacial score (nSPS) is 12.9. The molecule has 0 spiro atoms. The van der Waals surface area contributed by atoms with Gasteiger partial charge in [0.25, 0.3) is 0 Å². The minimum atomic E-state index is -3.93. The van der Waals surface area contributed by atoms with Crippen molar-refractivity contribution < 1.29 is 27.1 Å². The fourth-order valence-corrected chi connectivity index (χ4v) is 6.05. The molecule has 1 aliphatic rings. The number of carbonyl (C=O) groups excluding carboxylic acids is 1. The molecule has 0 saturated heterocycles. The van der Waals surface area contributed by atoms with Crippen LogP contribution in [0.1, 0.15) is 25.2 Å². The molecule has 0 aliphatic carbocycles. The van der Waals surface area contributed by atoms with Gasteiger partial charge in [-0.25, -0.2) is 8.42 Å². The number of ether oxygens (including phenoxy) is 2. The van der Waals surface area contributed by atoms with E-state index in [-0.39, 0.29) is 49.7 Å². The SMILES string of the molecule is CC(C)CN(CC(=O)N(Cc1ccc2c(c1)OCO2)Cc1ccco1)S(=O)(=O)c1ccc2ccccc2c1. The molecule has 1 aliphatic heterocycles. The maximum absolute atomic E-state index is 13.8. The Balaban J connectivity index is 1.42. The standard InChI is InChI=1S/C29H30N2O6S/c1-21(2)16-31(38(33,34)26-11-10-23-6-3-4-7-24(23)15-26)19-29(32)30(18-25-8-5-13-35-25)17-22-9-12-27-28(14-22)37-20-36-27/h3-15,21H,16-20H2,1-2H3. The zero-order chi connectivity index (χ0) is 26.7. The molecule has 3 aromatic carbocycles. The molecule has 0 fully saturated rings. The van der Waals surface area contributed by atoms with Crippen LogP contribution in [-0.2, 0) is 27.9 Å². The van der Waals surface area contributed by atoms with Crippen LogP contribution in [0.5, 0.6) is 11.5 Å². The van der Waals surface area contributed by atoms with Crippen molar-refractivity contribution in [3.8, 4) is 11.5 Å². The Morgan fingerprint density at radius 3 is 2.45 bits per heavy atom. The Bertz CT molecular complexity index is 1530. The Labute approximate surface area is 222 Å². The van der Waals surface area contributed by atoms with Crippen molar-refractivity contribution in [2.24, 2.45) is 5.92 Å². The Kier molecular flexibility index (Phi) is 7.40. The van der Waals surface area contributed by atoms with Crippen molar-refractivity contribution in [1.29, 1.82) is 0 Å². The first-order chi connectivity index (χ1) is 18.3. The van der Waals surface area contributed by atoms with Crippen LogP contribution >= 0.6 is 0 Å². The largest absolute Gasteiger partial charge is 0.467 e. The summed E-state index contributed by atoms with van der Waals surface area (Å²) >= 11 is 0. The molecular formula is C29H30N2O6S. The summed E-state index contributed by atoms with van der Waals surface area (Å²) in [5.74, 6) is 1.57. The number of sulfonamides is 1. The summed E-state index contributed by atoms with van der Waals surface area (Å²) in [6, 6.07) is 21.7. The van der Waals surface area contributed by atoms with Crippen molar-refractivity contribution in [3.63, 3.8) is 0 Å². The Morgan fingerprint density at radius 1 is 0.895 bits per heavy atom. The monoisotopic (exact) mass is 534 g/mol. The number of fused-ring (bicyclic) bond motifs is 2. The summed E-state index contributed by atoms with van der Waals surface area (Å²) in [5, 5.41) is 1.78. The summed E-state index contributed by atoms with van der Waals surface area (Å²) < 4.78 is 45.2. The molecule has 1 amide bonds. The van der Waals surface area contributed by atoms with Crippen molar-refractivity contribution in [2.45, 2.75) is 31.8 Å². The number of furan rings is 1. The highest BCUT2D eigenvalue weighted by atomic mass is 32.2. The van der Waals surface area contributed by atoms with E-state index in [1.807, 2.05) is 56.3 Å². The minimum absolute atomic E-state index is 0.0189. The lowest BCUT2D eigenvalue weighted by Crippen LogP contribution is -2.43. The molecule has 4 aromatic rings. The van der Waals surface area contributed by atoms with Gasteiger partial charge in [-0.1, -0.05) is 50.2 Å². The van der Waals surface area contributed by atoms with Crippen molar-refractivity contribution in [1.82, 2.24) is 9.21 Å². The minimum Gasteiger partial charge on any atom is -0.467 e. The molecule has 0 unspecified atom stereocenters. The van der Waals surface area contributed by atoms with E-state index in [4.69, 9.17) is 13.9 Å². The third-order valence-corrected chi connectivity index (χ3v) is 8.14. The first kappa shape index (κ1) is 25.8. The second kappa shape index (κ2) is 10.9. The van der Waals surface area contributed by atoms with Crippen molar-refractivity contribution in [3.05, 3.63) is 90.4 Å². The fourth-order valence-electron chi connectivity index (χ4n) is 4.47. The van der Waals surface area contributed by atoms with Crippen LogP contribution in [0.25, 0.3) is 10.8 Å². The van der Waals surface area contributed by atoms with Gasteiger partial charge in [-0.2, -0.15) is 4.31 Å². The van der Waals surface area contributed by atoms with Gasteiger partial charge in [-0.05, 0) is 58.7 Å². The van der Waals surface area contributed by atoms with Gasteiger partial charge < -0.3 is 18.8 Å². The van der Waals surface area contributed by atoms with Crippen LogP contribution in [-0.4, -0.2) is 43.4 Å². The van der Waals surface area contributed by atoms with E-state index < -0.39 is 10.0 Å².